The van der Waals surface area contributed by atoms with E-state index in [1.165, 1.54) is 0 Å². The van der Waals surface area contributed by atoms with Crippen molar-refractivity contribution in [2.24, 2.45) is 0 Å². The van der Waals surface area contributed by atoms with E-state index in [2.05, 4.69) is 32.3 Å². The number of hydrogen-bond acceptors (Lipinski definition) is 3. The number of rotatable bonds is 3. The van der Waals surface area contributed by atoms with Gasteiger partial charge in [0.15, 0.2) is 0 Å². The lowest BCUT2D eigenvalue weighted by Gasteiger charge is -2.09. The maximum absolute atomic E-state index is 9.28. The third-order valence-electron chi connectivity index (χ3n) is 3.22. The summed E-state index contributed by atoms with van der Waals surface area (Å²) in [6.45, 7) is 0.632. The molecule has 0 aliphatic heterocycles. The van der Waals surface area contributed by atoms with E-state index in [-0.39, 0.29) is 0 Å². The molecule has 0 fully saturated rings. The van der Waals surface area contributed by atoms with Crippen molar-refractivity contribution in [1.29, 1.82) is 5.26 Å². The van der Waals surface area contributed by atoms with Gasteiger partial charge in [0, 0.05) is 16.4 Å². The van der Waals surface area contributed by atoms with E-state index in [4.69, 9.17) is 0 Å². The summed E-state index contributed by atoms with van der Waals surface area (Å²) in [5, 5.41) is 13.5. The first-order valence-corrected chi connectivity index (χ1v) is 7.34. The number of halogens is 1. The monoisotopic (exact) mass is 337 g/mol. The average molecular weight is 338 g/mol. The van der Waals surface area contributed by atoms with Gasteiger partial charge < -0.3 is 5.32 Å². The molecule has 102 valence electrons. The van der Waals surface area contributed by atoms with Gasteiger partial charge in [0.25, 0.3) is 0 Å². The van der Waals surface area contributed by atoms with Crippen LogP contribution in [0.15, 0.2) is 59.1 Å². The van der Waals surface area contributed by atoms with Crippen LogP contribution in [0, 0.1) is 11.3 Å². The number of benzene rings is 2. The lowest BCUT2D eigenvalue weighted by atomic mass is 10.1. The SMILES string of the molecule is N#Cc1cc2ccccc2nc1NCc1ccc(Br)cc1. The van der Waals surface area contributed by atoms with E-state index in [1.807, 2.05) is 54.6 Å². The number of nitrogens with zero attached hydrogens (tertiary/aromatic N) is 2. The maximum atomic E-state index is 9.28. The molecule has 4 heteroatoms. The minimum Gasteiger partial charge on any atom is -0.365 e. The van der Waals surface area contributed by atoms with Crippen molar-refractivity contribution in [3.8, 4) is 6.07 Å². The number of hydrogen-bond donors (Lipinski definition) is 1. The number of nitriles is 1. The first-order chi connectivity index (χ1) is 10.3. The first kappa shape index (κ1) is 13.6. The Hall–Kier alpha value is -2.38. The summed E-state index contributed by atoms with van der Waals surface area (Å²) in [6.07, 6.45) is 0. The third kappa shape index (κ3) is 3.04. The molecule has 0 radical (unpaired) electrons. The van der Waals surface area contributed by atoms with Gasteiger partial charge in [0.1, 0.15) is 11.9 Å². The zero-order chi connectivity index (χ0) is 14.7. The van der Waals surface area contributed by atoms with Crippen LogP contribution >= 0.6 is 15.9 Å². The fourth-order valence-corrected chi connectivity index (χ4v) is 2.39. The Morgan fingerprint density at radius 3 is 2.62 bits per heavy atom. The number of para-hydroxylation sites is 1. The van der Waals surface area contributed by atoms with Crippen LogP contribution in [0.4, 0.5) is 5.82 Å². The van der Waals surface area contributed by atoms with Gasteiger partial charge in [0.05, 0.1) is 11.1 Å². The second-order valence-electron chi connectivity index (χ2n) is 4.67. The van der Waals surface area contributed by atoms with E-state index in [0.29, 0.717) is 17.9 Å². The largest absolute Gasteiger partial charge is 0.365 e. The van der Waals surface area contributed by atoms with E-state index in [1.54, 1.807) is 0 Å². The fourth-order valence-electron chi connectivity index (χ4n) is 2.12. The second-order valence-corrected chi connectivity index (χ2v) is 5.58. The number of nitrogens with one attached hydrogen (secondary N) is 1. The summed E-state index contributed by atoms with van der Waals surface area (Å²) in [7, 11) is 0. The highest BCUT2D eigenvalue weighted by molar-refractivity contribution is 9.10. The fraction of sp³-hybridized carbons (Fsp3) is 0.0588. The average Bonchev–Trinajstić information content (AvgIpc) is 2.53. The third-order valence-corrected chi connectivity index (χ3v) is 3.75. The van der Waals surface area contributed by atoms with Crippen molar-refractivity contribution < 1.29 is 0 Å². The molecule has 0 aliphatic carbocycles. The normalized spacial score (nSPS) is 10.3. The highest BCUT2D eigenvalue weighted by Crippen LogP contribution is 2.20. The molecule has 0 saturated heterocycles. The molecular weight excluding hydrogens is 326 g/mol. The second kappa shape index (κ2) is 5.94. The molecule has 3 rings (SSSR count). The van der Waals surface area contributed by atoms with Crippen molar-refractivity contribution in [3.05, 3.63) is 70.2 Å². The van der Waals surface area contributed by atoms with E-state index < -0.39 is 0 Å². The summed E-state index contributed by atoms with van der Waals surface area (Å²) in [5.74, 6) is 0.624. The van der Waals surface area contributed by atoms with E-state index >= 15 is 0 Å². The molecule has 0 spiro atoms. The smallest absolute Gasteiger partial charge is 0.144 e. The van der Waals surface area contributed by atoms with E-state index in [0.717, 1.165) is 20.9 Å². The minimum atomic E-state index is 0.561. The Balaban J connectivity index is 1.89. The summed E-state index contributed by atoms with van der Waals surface area (Å²) in [6, 6.07) is 19.9. The molecule has 3 aromatic rings. The van der Waals surface area contributed by atoms with Crippen LogP contribution in [-0.2, 0) is 6.54 Å². The molecule has 21 heavy (non-hydrogen) atoms. The Morgan fingerprint density at radius 2 is 1.86 bits per heavy atom. The molecule has 3 nitrogen and oxygen atoms in total. The molecule has 0 atom stereocenters. The summed E-state index contributed by atoms with van der Waals surface area (Å²) < 4.78 is 1.05. The molecule has 0 aliphatic rings. The van der Waals surface area contributed by atoms with E-state index in [9.17, 15) is 5.26 Å². The molecule has 1 heterocycles. The van der Waals surface area contributed by atoms with Crippen LogP contribution in [0.1, 0.15) is 11.1 Å². The van der Waals surface area contributed by atoms with Crippen molar-refractivity contribution in [2.45, 2.75) is 6.54 Å². The first-order valence-electron chi connectivity index (χ1n) is 6.54. The molecule has 0 unspecified atom stereocenters. The molecule has 0 bridgehead atoms. The van der Waals surface area contributed by atoms with Crippen LogP contribution < -0.4 is 5.32 Å². The summed E-state index contributed by atoms with van der Waals surface area (Å²) >= 11 is 3.42. The van der Waals surface area contributed by atoms with Crippen LogP contribution in [0.2, 0.25) is 0 Å². The maximum Gasteiger partial charge on any atom is 0.144 e. The van der Waals surface area contributed by atoms with Crippen LogP contribution in [0.5, 0.6) is 0 Å². The van der Waals surface area contributed by atoms with Gasteiger partial charge in [-0.05, 0) is 29.8 Å². The predicted octanol–water partition coefficient (Wildman–Crippen LogP) is 4.48. The number of aromatic nitrogens is 1. The molecule has 0 saturated carbocycles. The molecule has 2 aromatic carbocycles. The molecule has 1 aromatic heterocycles. The number of pyridine rings is 1. The standard InChI is InChI=1S/C17H12BrN3/c18-15-7-5-12(6-8-15)11-20-17-14(10-19)9-13-3-1-2-4-16(13)21-17/h1-9H,11H2,(H,20,21). The molecular formula is C17H12BrN3. The quantitative estimate of drug-likeness (QED) is 0.766. The minimum absolute atomic E-state index is 0.561. The Bertz CT molecular complexity index is 820. The molecule has 1 N–H and O–H groups in total. The Labute approximate surface area is 131 Å². The topological polar surface area (TPSA) is 48.7 Å². The zero-order valence-corrected chi connectivity index (χ0v) is 12.8. The lowest BCUT2D eigenvalue weighted by Crippen LogP contribution is -2.03. The highest BCUT2D eigenvalue weighted by atomic mass is 79.9. The van der Waals surface area contributed by atoms with Gasteiger partial charge in [0.2, 0.25) is 0 Å². The van der Waals surface area contributed by atoms with Crippen molar-refractivity contribution in [3.63, 3.8) is 0 Å². The Morgan fingerprint density at radius 1 is 1.10 bits per heavy atom. The van der Waals surface area contributed by atoms with Crippen LogP contribution in [-0.4, -0.2) is 4.98 Å². The van der Waals surface area contributed by atoms with Crippen molar-refractivity contribution in [1.82, 2.24) is 4.98 Å². The van der Waals surface area contributed by atoms with Gasteiger partial charge >= 0.3 is 0 Å². The van der Waals surface area contributed by atoms with Crippen LogP contribution in [0.25, 0.3) is 10.9 Å². The number of fused-ring (bicyclic) bond motifs is 1. The molecule has 0 amide bonds. The predicted molar refractivity (Wildman–Crippen MR) is 87.9 cm³/mol. The van der Waals surface area contributed by atoms with Gasteiger partial charge in [-0.25, -0.2) is 4.98 Å². The van der Waals surface area contributed by atoms with Gasteiger partial charge in [-0.2, -0.15) is 5.26 Å². The summed E-state index contributed by atoms with van der Waals surface area (Å²) in [4.78, 5) is 4.54. The van der Waals surface area contributed by atoms with Gasteiger partial charge in [-0.15, -0.1) is 0 Å². The number of anilines is 1. The summed E-state index contributed by atoms with van der Waals surface area (Å²) in [5.41, 5.74) is 2.58. The highest BCUT2D eigenvalue weighted by Gasteiger charge is 2.06. The Kier molecular flexibility index (Phi) is 3.85. The lowest BCUT2D eigenvalue weighted by molar-refractivity contribution is 1.12. The van der Waals surface area contributed by atoms with Crippen molar-refractivity contribution in [2.75, 3.05) is 5.32 Å². The van der Waals surface area contributed by atoms with Crippen LogP contribution in [0.3, 0.4) is 0 Å². The zero-order valence-electron chi connectivity index (χ0n) is 11.2. The van der Waals surface area contributed by atoms with Crippen molar-refractivity contribution >= 4 is 32.7 Å². The van der Waals surface area contributed by atoms with Gasteiger partial charge in [-0.1, -0.05) is 46.3 Å². The van der Waals surface area contributed by atoms with Gasteiger partial charge in [-0.3, -0.25) is 0 Å².